The third-order valence-corrected chi connectivity index (χ3v) is 6.08. The molecule has 1 aliphatic rings. The summed E-state index contributed by atoms with van der Waals surface area (Å²) in [5, 5.41) is 3.50. The Bertz CT molecular complexity index is 1090. The minimum Gasteiger partial charge on any atom is -0.368 e. The van der Waals surface area contributed by atoms with Gasteiger partial charge in [0, 0.05) is 48.1 Å². The smallest absolute Gasteiger partial charge is 0.255 e. The van der Waals surface area contributed by atoms with E-state index in [-0.39, 0.29) is 11.8 Å². The predicted molar refractivity (Wildman–Crippen MR) is 130 cm³/mol. The Hall–Kier alpha value is -3.31. The molecule has 0 spiro atoms. The minimum absolute atomic E-state index is 0.171. The van der Waals surface area contributed by atoms with Crippen molar-refractivity contribution in [3.8, 4) is 0 Å². The number of nitrogens with one attached hydrogen (secondary N) is 1. The number of aryl methyl sites for hydroxylation is 1. The van der Waals surface area contributed by atoms with Gasteiger partial charge in [0.1, 0.15) is 0 Å². The fourth-order valence-electron chi connectivity index (χ4n) is 3.86. The van der Waals surface area contributed by atoms with E-state index in [1.165, 1.54) is 0 Å². The molecule has 1 aliphatic heterocycles. The SMILES string of the molecule is Cc1ccccc1CC(=O)N1CCN(c2ccc(NC(=O)c3ccc(Cl)cc3)cc2)CC1. The maximum atomic E-state index is 12.7. The Morgan fingerprint density at radius 3 is 2.19 bits per heavy atom. The van der Waals surface area contributed by atoms with E-state index >= 15 is 0 Å². The van der Waals surface area contributed by atoms with Gasteiger partial charge in [-0.2, -0.15) is 0 Å². The van der Waals surface area contributed by atoms with Gasteiger partial charge in [0.2, 0.25) is 5.91 Å². The molecule has 5 nitrogen and oxygen atoms in total. The van der Waals surface area contributed by atoms with E-state index in [9.17, 15) is 9.59 Å². The van der Waals surface area contributed by atoms with Gasteiger partial charge in [0.15, 0.2) is 0 Å². The highest BCUT2D eigenvalue weighted by atomic mass is 35.5. The summed E-state index contributed by atoms with van der Waals surface area (Å²) in [5.41, 5.74) is 4.63. The molecule has 0 radical (unpaired) electrons. The average Bonchev–Trinajstić information content (AvgIpc) is 2.81. The number of halogens is 1. The molecule has 3 aromatic carbocycles. The van der Waals surface area contributed by atoms with E-state index < -0.39 is 0 Å². The molecule has 1 N–H and O–H groups in total. The van der Waals surface area contributed by atoms with Gasteiger partial charge >= 0.3 is 0 Å². The summed E-state index contributed by atoms with van der Waals surface area (Å²) < 4.78 is 0. The first-order valence-corrected chi connectivity index (χ1v) is 11.1. The Kier molecular flexibility index (Phi) is 6.76. The normalized spacial score (nSPS) is 13.7. The summed E-state index contributed by atoms with van der Waals surface area (Å²) in [6, 6.07) is 22.7. The molecule has 0 aliphatic carbocycles. The van der Waals surface area contributed by atoms with Gasteiger partial charge in [-0.05, 0) is 66.6 Å². The van der Waals surface area contributed by atoms with Gasteiger partial charge < -0.3 is 15.1 Å². The zero-order valence-electron chi connectivity index (χ0n) is 18.1. The van der Waals surface area contributed by atoms with Crippen molar-refractivity contribution in [3.63, 3.8) is 0 Å². The van der Waals surface area contributed by atoms with Gasteiger partial charge in [0.25, 0.3) is 5.91 Å². The quantitative estimate of drug-likeness (QED) is 0.611. The first-order valence-electron chi connectivity index (χ1n) is 10.7. The molecule has 32 heavy (non-hydrogen) atoms. The molecule has 0 aromatic heterocycles. The van der Waals surface area contributed by atoms with E-state index in [1.54, 1.807) is 24.3 Å². The van der Waals surface area contributed by atoms with Gasteiger partial charge in [-0.15, -0.1) is 0 Å². The van der Waals surface area contributed by atoms with Gasteiger partial charge in [-0.1, -0.05) is 35.9 Å². The Labute approximate surface area is 193 Å². The standard InChI is InChI=1S/C26H26ClN3O2/c1-19-4-2-3-5-21(19)18-25(31)30-16-14-29(15-17-30)24-12-10-23(11-13-24)28-26(32)20-6-8-22(27)9-7-20/h2-13H,14-18H2,1H3,(H,28,32). The van der Waals surface area contributed by atoms with E-state index in [0.29, 0.717) is 30.1 Å². The van der Waals surface area contributed by atoms with Crippen LogP contribution in [0.1, 0.15) is 21.5 Å². The monoisotopic (exact) mass is 447 g/mol. The van der Waals surface area contributed by atoms with Crippen molar-refractivity contribution in [2.75, 3.05) is 36.4 Å². The molecule has 2 amide bonds. The maximum Gasteiger partial charge on any atom is 0.255 e. The highest BCUT2D eigenvalue weighted by Gasteiger charge is 2.21. The van der Waals surface area contributed by atoms with Crippen LogP contribution in [0.2, 0.25) is 5.02 Å². The Balaban J connectivity index is 1.30. The lowest BCUT2D eigenvalue weighted by atomic mass is 10.1. The van der Waals surface area contributed by atoms with Crippen molar-refractivity contribution in [2.45, 2.75) is 13.3 Å². The number of rotatable bonds is 5. The second-order valence-electron chi connectivity index (χ2n) is 7.98. The number of carbonyl (C=O) groups excluding carboxylic acids is 2. The van der Waals surface area contributed by atoms with E-state index in [2.05, 4.69) is 10.2 Å². The second-order valence-corrected chi connectivity index (χ2v) is 8.42. The number of nitrogens with zero attached hydrogens (tertiary/aromatic N) is 2. The first kappa shape index (κ1) is 21.9. The Morgan fingerprint density at radius 2 is 1.53 bits per heavy atom. The molecule has 1 heterocycles. The van der Waals surface area contributed by atoms with Crippen LogP contribution in [0.4, 0.5) is 11.4 Å². The molecule has 1 fully saturated rings. The van der Waals surface area contributed by atoms with Crippen molar-refractivity contribution >= 4 is 34.8 Å². The number of hydrogen-bond acceptors (Lipinski definition) is 3. The molecule has 6 heteroatoms. The van der Waals surface area contributed by atoms with E-state index in [1.807, 2.05) is 60.4 Å². The lowest BCUT2D eigenvalue weighted by Gasteiger charge is -2.36. The molecule has 0 bridgehead atoms. The lowest BCUT2D eigenvalue weighted by molar-refractivity contribution is -0.130. The van der Waals surface area contributed by atoms with Gasteiger partial charge in [-0.25, -0.2) is 0 Å². The highest BCUT2D eigenvalue weighted by molar-refractivity contribution is 6.30. The molecular weight excluding hydrogens is 422 g/mol. The third-order valence-electron chi connectivity index (χ3n) is 5.83. The van der Waals surface area contributed by atoms with Crippen LogP contribution in [0.3, 0.4) is 0 Å². The average molecular weight is 448 g/mol. The van der Waals surface area contributed by atoms with Crippen molar-refractivity contribution < 1.29 is 9.59 Å². The van der Waals surface area contributed by atoms with Crippen molar-refractivity contribution in [2.24, 2.45) is 0 Å². The number of benzene rings is 3. The van der Waals surface area contributed by atoms with Crippen LogP contribution in [0.5, 0.6) is 0 Å². The third kappa shape index (κ3) is 5.29. The van der Waals surface area contributed by atoms with E-state index in [4.69, 9.17) is 11.6 Å². The number of amides is 2. The lowest BCUT2D eigenvalue weighted by Crippen LogP contribution is -2.49. The van der Waals surface area contributed by atoms with Crippen LogP contribution in [0.15, 0.2) is 72.8 Å². The fraction of sp³-hybridized carbons (Fsp3) is 0.231. The van der Waals surface area contributed by atoms with Crippen LogP contribution < -0.4 is 10.2 Å². The number of anilines is 2. The zero-order chi connectivity index (χ0) is 22.5. The van der Waals surface area contributed by atoms with Crippen LogP contribution in [-0.2, 0) is 11.2 Å². The summed E-state index contributed by atoms with van der Waals surface area (Å²) in [4.78, 5) is 29.3. The summed E-state index contributed by atoms with van der Waals surface area (Å²) in [6.45, 7) is 5.04. The van der Waals surface area contributed by atoms with Crippen LogP contribution in [-0.4, -0.2) is 42.9 Å². The van der Waals surface area contributed by atoms with Crippen LogP contribution >= 0.6 is 11.6 Å². The second kappa shape index (κ2) is 9.88. The summed E-state index contributed by atoms with van der Waals surface area (Å²) in [7, 11) is 0. The minimum atomic E-state index is -0.171. The number of piperazine rings is 1. The fourth-order valence-corrected chi connectivity index (χ4v) is 3.98. The van der Waals surface area contributed by atoms with Gasteiger partial charge in [-0.3, -0.25) is 9.59 Å². The molecule has 1 saturated heterocycles. The number of carbonyl (C=O) groups is 2. The van der Waals surface area contributed by atoms with Crippen LogP contribution in [0, 0.1) is 6.92 Å². The van der Waals surface area contributed by atoms with Gasteiger partial charge in [0.05, 0.1) is 6.42 Å². The molecule has 0 unspecified atom stereocenters. The zero-order valence-corrected chi connectivity index (χ0v) is 18.8. The summed E-state index contributed by atoms with van der Waals surface area (Å²) >= 11 is 5.88. The largest absolute Gasteiger partial charge is 0.368 e. The topological polar surface area (TPSA) is 52.7 Å². The predicted octanol–water partition coefficient (Wildman–Crippen LogP) is 4.79. The Morgan fingerprint density at radius 1 is 0.875 bits per heavy atom. The maximum absolute atomic E-state index is 12.7. The molecule has 4 rings (SSSR count). The molecule has 3 aromatic rings. The molecule has 0 atom stereocenters. The van der Waals surface area contributed by atoms with E-state index in [0.717, 1.165) is 35.6 Å². The van der Waals surface area contributed by atoms with Crippen molar-refractivity contribution in [1.29, 1.82) is 0 Å². The summed E-state index contributed by atoms with van der Waals surface area (Å²) in [6.07, 6.45) is 0.453. The van der Waals surface area contributed by atoms with Crippen molar-refractivity contribution in [1.82, 2.24) is 4.90 Å². The first-order chi connectivity index (χ1) is 15.5. The van der Waals surface area contributed by atoms with Crippen molar-refractivity contribution in [3.05, 3.63) is 94.5 Å². The number of hydrogen-bond donors (Lipinski definition) is 1. The molecular formula is C26H26ClN3O2. The molecule has 164 valence electrons. The summed E-state index contributed by atoms with van der Waals surface area (Å²) in [5.74, 6) is 0.00871. The van der Waals surface area contributed by atoms with Crippen LogP contribution in [0.25, 0.3) is 0 Å². The molecule has 0 saturated carbocycles. The highest BCUT2D eigenvalue weighted by Crippen LogP contribution is 2.21.